The molecule has 0 aromatic heterocycles. The highest BCUT2D eigenvalue weighted by Gasteiger charge is 2.11. The lowest BCUT2D eigenvalue weighted by atomic mass is 10.1. The zero-order valence-corrected chi connectivity index (χ0v) is 12.7. The van der Waals surface area contributed by atoms with E-state index >= 15 is 0 Å². The average Bonchev–Trinajstić information content (AvgIpc) is 2.51. The summed E-state index contributed by atoms with van der Waals surface area (Å²) in [5, 5.41) is 2.69. The van der Waals surface area contributed by atoms with Crippen LogP contribution in [0.25, 0.3) is 0 Å². The van der Waals surface area contributed by atoms with Crippen molar-refractivity contribution in [3.05, 3.63) is 71.0 Å². The van der Waals surface area contributed by atoms with Crippen LogP contribution >= 0.6 is 0 Å². The van der Waals surface area contributed by atoms with Gasteiger partial charge in [-0.05, 0) is 30.2 Å². The van der Waals surface area contributed by atoms with Crippen molar-refractivity contribution in [3.8, 4) is 0 Å². The fraction of sp³-hybridized carbons (Fsp3) is 0.235. The zero-order valence-electron chi connectivity index (χ0n) is 12.7. The average molecular weight is 322 g/mol. The summed E-state index contributed by atoms with van der Waals surface area (Å²) in [4.78, 5) is 13.2. The molecule has 0 heterocycles. The Hall–Kier alpha value is -2.50. The highest BCUT2D eigenvalue weighted by molar-refractivity contribution is 5.73. The van der Waals surface area contributed by atoms with Crippen LogP contribution in [-0.2, 0) is 13.0 Å². The molecule has 1 N–H and O–H groups in total. The Morgan fingerprint density at radius 1 is 1.04 bits per heavy atom. The van der Waals surface area contributed by atoms with Crippen molar-refractivity contribution in [2.45, 2.75) is 13.0 Å². The highest BCUT2D eigenvalue weighted by Crippen LogP contribution is 2.11. The van der Waals surface area contributed by atoms with Gasteiger partial charge in [0.05, 0.1) is 0 Å². The Morgan fingerprint density at radius 3 is 2.35 bits per heavy atom. The van der Waals surface area contributed by atoms with Crippen molar-refractivity contribution in [1.29, 1.82) is 0 Å². The number of rotatable bonds is 5. The number of carbonyl (C=O) groups is 1. The third-order valence-electron chi connectivity index (χ3n) is 3.37. The molecule has 0 saturated carbocycles. The standard InChI is InChI=1S/C17H17F3N2O/c1-22(11-13-4-7-15(19)10-16(13)20)17(23)21-9-8-12-2-5-14(18)6-3-12/h2-7,10H,8-9,11H2,1H3,(H,21,23). The van der Waals surface area contributed by atoms with Crippen LogP contribution in [0.4, 0.5) is 18.0 Å². The van der Waals surface area contributed by atoms with Gasteiger partial charge in [0, 0.05) is 31.8 Å². The van der Waals surface area contributed by atoms with Crippen LogP contribution in [0, 0.1) is 17.5 Å². The molecule has 0 unspecified atom stereocenters. The van der Waals surface area contributed by atoms with Crippen LogP contribution in [0.2, 0.25) is 0 Å². The molecule has 6 heteroatoms. The van der Waals surface area contributed by atoms with E-state index in [9.17, 15) is 18.0 Å². The van der Waals surface area contributed by atoms with Gasteiger partial charge in [-0.2, -0.15) is 0 Å². The predicted molar refractivity (Wildman–Crippen MR) is 81.3 cm³/mol. The Balaban J connectivity index is 1.81. The van der Waals surface area contributed by atoms with E-state index < -0.39 is 11.6 Å². The monoisotopic (exact) mass is 322 g/mol. The second kappa shape index (κ2) is 7.67. The highest BCUT2D eigenvalue weighted by atomic mass is 19.1. The lowest BCUT2D eigenvalue weighted by Gasteiger charge is -2.18. The van der Waals surface area contributed by atoms with E-state index in [2.05, 4.69) is 5.32 Å². The first-order valence-electron chi connectivity index (χ1n) is 7.13. The summed E-state index contributed by atoms with van der Waals surface area (Å²) in [6.07, 6.45) is 0.560. The molecule has 23 heavy (non-hydrogen) atoms. The molecule has 0 spiro atoms. The van der Waals surface area contributed by atoms with Gasteiger partial charge in [0.15, 0.2) is 0 Å². The van der Waals surface area contributed by atoms with Gasteiger partial charge in [-0.1, -0.05) is 18.2 Å². The maximum absolute atomic E-state index is 13.6. The van der Waals surface area contributed by atoms with Gasteiger partial charge in [-0.3, -0.25) is 0 Å². The van der Waals surface area contributed by atoms with E-state index in [4.69, 9.17) is 0 Å². The predicted octanol–water partition coefficient (Wildman–Crippen LogP) is 3.49. The molecule has 2 rings (SSSR count). The second-order valence-electron chi connectivity index (χ2n) is 5.20. The van der Waals surface area contributed by atoms with Gasteiger partial charge in [-0.15, -0.1) is 0 Å². The Labute approximate surface area is 132 Å². The van der Waals surface area contributed by atoms with Gasteiger partial charge < -0.3 is 10.2 Å². The number of hydrogen-bond donors (Lipinski definition) is 1. The molecule has 0 bridgehead atoms. The van der Waals surface area contributed by atoms with Gasteiger partial charge in [0.25, 0.3) is 0 Å². The molecule has 0 aliphatic heterocycles. The Kier molecular flexibility index (Phi) is 5.62. The number of nitrogens with zero attached hydrogens (tertiary/aromatic N) is 1. The normalized spacial score (nSPS) is 10.4. The molecule has 0 aliphatic carbocycles. The van der Waals surface area contributed by atoms with E-state index in [1.807, 2.05) is 0 Å². The molecule has 0 aliphatic rings. The smallest absolute Gasteiger partial charge is 0.317 e. The first-order chi connectivity index (χ1) is 11.0. The molecule has 0 saturated heterocycles. The third kappa shape index (κ3) is 5.02. The molecule has 2 aromatic carbocycles. The minimum Gasteiger partial charge on any atom is -0.338 e. The largest absolute Gasteiger partial charge is 0.338 e. The molecule has 0 atom stereocenters. The van der Waals surface area contributed by atoms with Gasteiger partial charge in [0.1, 0.15) is 17.5 Å². The number of carbonyl (C=O) groups excluding carboxylic acids is 1. The number of halogens is 3. The van der Waals surface area contributed by atoms with Crippen LogP contribution in [0.5, 0.6) is 0 Å². The molecule has 122 valence electrons. The number of hydrogen-bond acceptors (Lipinski definition) is 1. The summed E-state index contributed by atoms with van der Waals surface area (Å²) in [5.74, 6) is -1.65. The summed E-state index contributed by atoms with van der Waals surface area (Å²) in [5.41, 5.74) is 1.14. The molecular formula is C17H17F3N2O. The molecule has 2 aromatic rings. The van der Waals surface area contributed by atoms with E-state index in [0.717, 1.165) is 17.7 Å². The summed E-state index contributed by atoms with van der Waals surface area (Å²) >= 11 is 0. The van der Waals surface area contributed by atoms with Gasteiger partial charge in [0.2, 0.25) is 0 Å². The van der Waals surface area contributed by atoms with E-state index in [-0.39, 0.29) is 24.0 Å². The van der Waals surface area contributed by atoms with Gasteiger partial charge >= 0.3 is 6.03 Å². The zero-order chi connectivity index (χ0) is 16.8. The first kappa shape index (κ1) is 16.9. The summed E-state index contributed by atoms with van der Waals surface area (Å²) in [6.45, 7) is 0.412. The molecule has 0 radical (unpaired) electrons. The van der Waals surface area contributed by atoms with Crippen LogP contribution in [0.3, 0.4) is 0 Å². The van der Waals surface area contributed by atoms with Crippen molar-refractivity contribution >= 4 is 6.03 Å². The molecule has 3 nitrogen and oxygen atoms in total. The maximum Gasteiger partial charge on any atom is 0.317 e. The summed E-state index contributed by atoms with van der Waals surface area (Å²) < 4.78 is 39.2. The molecule has 2 amide bonds. The lowest BCUT2D eigenvalue weighted by Crippen LogP contribution is -2.38. The van der Waals surface area contributed by atoms with Crippen molar-refractivity contribution in [2.24, 2.45) is 0 Å². The maximum atomic E-state index is 13.6. The second-order valence-corrected chi connectivity index (χ2v) is 5.20. The Bertz CT molecular complexity index is 674. The topological polar surface area (TPSA) is 32.3 Å². The van der Waals surface area contributed by atoms with E-state index in [1.54, 1.807) is 12.1 Å². The fourth-order valence-corrected chi connectivity index (χ4v) is 2.08. The SMILES string of the molecule is CN(Cc1ccc(F)cc1F)C(=O)NCCc1ccc(F)cc1. The van der Waals surface area contributed by atoms with Crippen molar-refractivity contribution < 1.29 is 18.0 Å². The fourth-order valence-electron chi connectivity index (χ4n) is 2.08. The number of urea groups is 1. The van der Waals surface area contributed by atoms with Crippen LogP contribution in [0.1, 0.15) is 11.1 Å². The van der Waals surface area contributed by atoms with Crippen molar-refractivity contribution in [2.75, 3.05) is 13.6 Å². The van der Waals surface area contributed by atoms with Gasteiger partial charge in [-0.25, -0.2) is 18.0 Å². The van der Waals surface area contributed by atoms with Crippen molar-refractivity contribution in [3.63, 3.8) is 0 Å². The van der Waals surface area contributed by atoms with Crippen LogP contribution < -0.4 is 5.32 Å². The third-order valence-corrected chi connectivity index (χ3v) is 3.37. The van der Waals surface area contributed by atoms with Crippen LogP contribution in [-0.4, -0.2) is 24.5 Å². The number of nitrogens with one attached hydrogen (secondary N) is 1. The molecule has 0 fully saturated rings. The minimum atomic E-state index is -0.684. The molecular weight excluding hydrogens is 305 g/mol. The summed E-state index contributed by atoms with van der Waals surface area (Å²) in [7, 11) is 1.52. The summed E-state index contributed by atoms with van der Waals surface area (Å²) in [6, 6.07) is 8.91. The van der Waals surface area contributed by atoms with E-state index in [0.29, 0.717) is 13.0 Å². The quantitative estimate of drug-likeness (QED) is 0.898. The Morgan fingerprint density at radius 2 is 1.70 bits per heavy atom. The lowest BCUT2D eigenvalue weighted by molar-refractivity contribution is 0.206. The van der Waals surface area contributed by atoms with Crippen LogP contribution in [0.15, 0.2) is 42.5 Å². The number of benzene rings is 2. The minimum absolute atomic E-state index is 0.0362. The van der Waals surface area contributed by atoms with Crippen molar-refractivity contribution in [1.82, 2.24) is 10.2 Å². The van der Waals surface area contributed by atoms with E-state index in [1.165, 1.54) is 30.1 Å². The first-order valence-corrected chi connectivity index (χ1v) is 7.13. The number of amides is 2.